The molecule has 20 heavy (non-hydrogen) atoms. The van der Waals surface area contributed by atoms with E-state index in [9.17, 15) is 9.59 Å². The number of hydrogen-bond donors (Lipinski definition) is 3. The maximum atomic E-state index is 11.6. The molecular formula is C13H22N4O3. The molecule has 7 nitrogen and oxygen atoms in total. The van der Waals surface area contributed by atoms with E-state index in [1.54, 1.807) is 6.20 Å². The Balaban J connectivity index is 2.03. The van der Waals surface area contributed by atoms with Gasteiger partial charge in [0.1, 0.15) is 0 Å². The van der Waals surface area contributed by atoms with E-state index >= 15 is 0 Å². The van der Waals surface area contributed by atoms with E-state index in [2.05, 4.69) is 15.7 Å². The third-order valence-corrected chi connectivity index (χ3v) is 2.81. The van der Waals surface area contributed by atoms with E-state index in [0.717, 1.165) is 13.0 Å². The average molecular weight is 282 g/mol. The molecule has 2 amide bonds. The number of aliphatic carboxylic acids is 1. The lowest BCUT2D eigenvalue weighted by molar-refractivity contribution is -0.137. The van der Waals surface area contributed by atoms with Gasteiger partial charge in [0.05, 0.1) is 0 Å². The molecule has 0 aromatic carbocycles. The van der Waals surface area contributed by atoms with Crippen LogP contribution >= 0.6 is 0 Å². The minimum absolute atomic E-state index is 0.0273. The fourth-order valence-electron chi connectivity index (χ4n) is 1.78. The highest BCUT2D eigenvalue weighted by molar-refractivity contribution is 5.74. The predicted octanol–water partition coefficient (Wildman–Crippen LogP) is 1.22. The van der Waals surface area contributed by atoms with Gasteiger partial charge >= 0.3 is 12.0 Å². The van der Waals surface area contributed by atoms with Crippen LogP contribution in [0.25, 0.3) is 0 Å². The fraction of sp³-hybridized carbons (Fsp3) is 0.615. The molecule has 0 aliphatic carbocycles. The van der Waals surface area contributed by atoms with Crippen molar-refractivity contribution in [2.24, 2.45) is 0 Å². The molecule has 1 unspecified atom stereocenters. The first kappa shape index (κ1) is 16.0. The highest BCUT2D eigenvalue weighted by Crippen LogP contribution is 2.00. The van der Waals surface area contributed by atoms with Crippen LogP contribution in [-0.4, -0.2) is 39.5 Å². The van der Waals surface area contributed by atoms with Gasteiger partial charge < -0.3 is 15.7 Å². The van der Waals surface area contributed by atoms with Gasteiger partial charge in [-0.2, -0.15) is 5.10 Å². The lowest BCUT2D eigenvalue weighted by atomic mass is 10.1. The monoisotopic (exact) mass is 282 g/mol. The van der Waals surface area contributed by atoms with Gasteiger partial charge in [-0.25, -0.2) is 4.79 Å². The number of amides is 2. The Morgan fingerprint density at radius 1 is 1.40 bits per heavy atom. The number of nitrogens with one attached hydrogen (secondary N) is 2. The second-order valence-electron chi connectivity index (χ2n) is 4.71. The van der Waals surface area contributed by atoms with Crippen molar-refractivity contribution in [1.82, 2.24) is 20.4 Å². The molecule has 1 aromatic heterocycles. The zero-order valence-electron chi connectivity index (χ0n) is 11.7. The predicted molar refractivity (Wildman–Crippen MR) is 74.3 cm³/mol. The van der Waals surface area contributed by atoms with Gasteiger partial charge in [-0.05, 0) is 32.3 Å². The van der Waals surface area contributed by atoms with Crippen LogP contribution < -0.4 is 10.6 Å². The Morgan fingerprint density at radius 3 is 2.85 bits per heavy atom. The second kappa shape index (κ2) is 8.95. The molecule has 0 aliphatic rings. The molecule has 1 heterocycles. The third-order valence-electron chi connectivity index (χ3n) is 2.81. The van der Waals surface area contributed by atoms with Gasteiger partial charge in [0.2, 0.25) is 0 Å². The van der Waals surface area contributed by atoms with Crippen LogP contribution in [0.1, 0.15) is 32.6 Å². The quantitative estimate of drug-likeness (QED) is 0.593. The first-order valence-corrected chi connectivity index (χ1v) is 6.81. The van der Waals surface area contributed by atoms with Gasteiger partial charge in [0.25, 0.3) is 0 Å². The van der Waals surface area contributed by atoms with Crippen LogP contribution in [-0.2, 0) is 11.3 Å². The number of rotatable bonds is 9. The SMILES string of the molecule is CC(CCCC(=O)O)NC(=O)NCCCn1cccn1. The zero-order chi connectivity index (χ0) is 14.8. The molecule has 0 aliphatic heterocycles. The summed E-state index contributed by atoms with van der Waals surface area (Å²) >= 11 is 0. The summed E-state index contributed by atoms with van der Waals surface area (Å²) < 4.78 is 1.81. The summed E-state index contributed by atoms with van der Waals surface area (Å²) in [6.45, 7) is 3.21. The number of carbonyl (C=O) groups is 2. The Hall–Kier alpha value is -2.05. The topological polar surface area (TPSA) is 96.3 Å². The van der Waals surface area contributed by atoms with Crippen molar-refractivity contribution in [1.29, 1.82) is 0 Å². The number of carboxylic acid groups (broad SMARTS) is 1. The van der Waals surface area contributed by atoms with Crippen molar-refractivity contribution in [2.45, 2.75) is 45.2 Å². The number of urea groups is 1. The highest BCUT2D eigenvalue weighted by atomic mass is 16.4. The number of nitrogens with zero attached hydrogens (tertiary/aromatic N) is 2. The van der Waals surface area contributed by atoms with Gasteiger partial charge in [-0.3, -0.25) is 9.48 Å². The van der Waals surface area contributed by atoms with Gasteiger partial charge in [0, 0.05) is 37.9 Å². The molecule has 7 heteroatoms. The summed E-state index contributed by atoms with van der Waals surface area (Å²) in [5.74, 6) is -0.805. The van der Waals surface area contributed by atoms with Crippen LogP contribution in [0.4, 0.5) is 4.79 Å². The van der Waals surface area contributed by atoms with Crippen molar-refractivity contribution in [3.05, 3.63) is 18.5 Å². The van der Waals surface area contributed by atoms with E-state index in [4.69, 9.17) is 5.11 Å². The van der Waals surface area contributed by atoms with Gasteiger partial charge in [-0.1, -0.05) is 0 Å². The number of hydrogen-bond acceptors (Lipinski definition) is 3. The minimum atomic E-state index is -0.805. The normalized spacial score (nSPS) is 11.8. The molecule has 1 rings (SSSR count). The van der Waals surface area contributed by atoms with Gasteiger partial charge in [-0.15, -0.1) is 0 Å². The van der Waals surface area contributed by atoms with Crippen LogP contribution in [0.5, 0.6) is 0 Å². The van der Waals surface area contributed by atoms with E-state index in [-0.39, 0.29) is 18.5 Å². The van der Waals surface area contributed by atoms with Crippen molar-refractivity contribution in [3.63, 3.8) is 0 Å². The largest absolute Gasteiger partial charge is 0.481 e. The van der Waals surface area contributed by atoms with Crippen LogP contribution in [0.15, 0.2) is 18.5 Å². The number of carbonyl (C=O) groups excluding carboxylic acids is 1. The summed E-state index contributed by atoms with van der Waals surface area (Å²) in [5, 5.41) is 18.1. The second-order valence-corrected chi connectivity index (χ2v) is 4.71. The van der Waals surface area contributed by atoms with E-state index < -0.39 is 5.97 Å². The van der Waals surface area contributed by atoms with Crippen molar-refractivity contribution >= 4 is 12.0 Å². The Kier molecular flexibility index (Phi) is 7.16. The van der Waals surface area contributed by atoms with Crippen LogP contribution in [0.2, 0.25) is 0 Å². The van der Waals surface area contributed by atoms with E-state index in [1.807, 2.05) is 23.9 Å². The molecule has 0 saturated carbocycles. The molecule has 0 spiro atoms. The summed E-state index contributed by atoms with van der Waals surface area (Å²) in [4.78, 5) is 21.9. The lowest BCUT2D eigenvalue weighted by Crippen LogP contribution is -2.41. The molecule has 3 N–H and O–H groups in total. The third kappa shape index (κ3) is 7.40. The fourth-order valence-corrected chi connectivity index (χ4v) is 1.78. The summed E-state index contributed by atoms with van der Waals surface area (Å²) in [7, 11) is 0. The molecule has 1 aromatic rings. The molecule has 1 atom stereocenters. The Bertz CT molecular complexity index is 406. The molecule has 0 bridgehead atoms. The van der Waals surface area contributed by atoms with Crippen LogP contribution in [0.3, 0.4) is 0 Å². The van der Waals surface area contributed by atoms with E-state index in [1.165, 1.54) is 0 Å². The first-order chi connectivity index (χ1) is 9.58. The molecular weight excluding hydrogens is 260 g/mol. The summed E-state index contributed by atoms with van der Waals surface area (Å²) in [6, 6.07) is 1.62. The smallest absolute Gasteiger partial charge is 0.314 e. The van der Waals surface area contributed by atoms with Gasteiger partial charge in [0.15, 0.2) is 0 Å². The minimum Gasteiger partial charge on any atom is -0.481 e. The van der Waals surface area contributed by atoms with Crippen molar-refractivity contribution in [3.8, 4) is 0 Å². The average Bonchev–Trinajstić information content (AvgIpc) is 2.87. The summed E-state index contributed by atoms with van der Waals surface area (Å²) in [5.41, 5.74) is 0. The number of aromatic nitrogens is 2. The lowest BCUT2D eigenvalue weighted by Gasteiger charge is -2.14. The van der Waals surface area contributed by atoms with E-state index in [0.29, 0.717) is 19.4 Å². The summed E-state index contributed by atoms with van der Waals surface area (Å²) in [6.07, 6.45) is 5.77. The number of carboxylic acids is 1. The molecule has 0 fully saturated rings. The molecule has 0 saturated heterocycles. The Morgan fingerprint density at radius 2 is 2.20 bits per heavy atom. The Labute approximate surface area is 118 Å². The number of aryl methyl sites for hydroxylation is 1. The van der Waals surface area contributed by atoms with Crippen molar-refractivity contribution in [2.75, 3.05) is 6.54 Å². The molecule has 0 radical (unpaired) electrons. The van der Waals surface area contributed by atoms with Crippen LogP contribution in [0, 0.1) is 0 Å². The standard InChI is InChI=1S/C13H22N4O3/c1-11(5-2-6-12(18)19)16-13(20)14-7-3-9-17-10-4-8-15-17/h4,8,10-11H,2-3,5-7,9H2,1H3,(H,18,19)(H2,14,16,20). The zero-order valence-corrected chi connectivity index (χ0v) is 11.7. The highest BCUT2D eigenvalue weighted by Gasteiger charge is 2.07. The van der Waals surface area contributed by atoms with Crippen molar-refractivity contribution < 1.29 is 14.7 Å². The maximum absolute atomic E-state index is 11.6. The molecule has 112 valence electrons. The maximum Gasteiger partial charge on any atom is 0.314 e. The first-order valence-electron chi connectivity index (χ1n) is 6.81.